The zero-order valence-electron chi connectivity index (χ0n) is 16.1. The van der Waals surface area contributed by atoms with E-state index in [4.69, 9.17) is 4.74 Å². The molecule has 0 fully saturated rings. The van der Waals surface area contributed by atoms with Crippen molar-refractivity contribution >= 4 is 29.7 Å². The van der Waals surface area contributed by atoms with Gasteiger partial charge in [-0.25, -0.2) is 4.79 Å². The van der Waals surface area contributed by atoms with Crippen molar-refractivity contribution < 1.29 is 28.7 Å². The third-order valence-corrected chi connectivity index (χ3v) is 4.47. The third kappa shape index (κ3) is 4.35. The summed E-state index contributed by atoms with van der Waals surface area (Å²) in [5.41, 5.74) is 0.930. The minimum Gasteiger partial charge on any atom is -0.447 e. The van der Waals surface area contributed by atoms with Crippen LogP contribution < -0.4 is 10.6 Å². The van der Waals surface area contributed by atoms with Crippen LogP contribution in [0.3, 0.4) is 0 Å². The van der Waals surface area contributed by atoms with Gasteiger partial charge in [0.1, 0.15) is 0 Å². The van der Waals surface area contributed by atoms with Crippen molar-refractivity contribution in [3.05, 3.63) is 71.3 Å². The van der Waals surface area contributed by atoms with Crippen LogP contribution >= 0.6 is 0 Å². The van der Waals surface area contributed by atoms with E-state index >= 15 is 0 Å². The molecule has 1 heterocycles. The molecule has 0 radical (unpaired) electrons. The lowest BCUT2D eigenvalue weighted by atomic mass is 10.1. The number of fused-ring (bicyclic) bond motifs is 1. The average molecular weight is 409 g/mol. The van der Waals surface area contributed by atoms with Crippen molar-refractivity contribution in [3.8, 4) is 0 Å². The zero-order chi connectivity index (χ0) is 21.7. The standard InChI is InChI=1S/C21H19N3O6/c1-22-21(29)23-18(26)17(13-7-3-2-4-8-13)30-16(25)11-12-24-19(27)14-9-5-6-10-15(14)20(24)28/h2-10,17H,11-12H2,1H3,(H2,22,23,26,29). The van der Waals surface area contributed by atoms with Gasteiger partial charge in [0, 0.05) is 19.2 Å². The van der Waals surface area contributed by atoms with E-state index in [-0.39, 0.29) is 24.1 Å². The van der Waals surface area contributed by atoms with Gasteiger partial charge in [-0.3, -0.25) is 29.4 Å². The van der Waals surface area contributed by atoms with Crippen LogP contribution in [0.15, 0.2) is 54.6 Å². The minimum absolute atomic E-state index is 0.191. The zero-order valence-corrected chi connectivity index (χ0v) is 16.1. The second kappa shape index (κ2) is 8.99. The number of amides is 5. The van der Waals surface area contributed by atoms with E-state index < -0.39 is 35.8 Å². The van der Waals surface area contributed by atoms with E-state index in [1.54, 1.807) is 54.6 Å². The number of benzene rings is 2. The highest BCUT2D eigenvalue weighted by Crippen LogP contribution is 2.23. The van der Waals surface area contributed by atoms with Gasteiger partial charge < -0.3 is 10.1 Å². The summed E-state index contributed by atoms with van der Waals surface area (Å²) in [6, 6.07) is 13.8. The van der Waals surface area contributed by atoms with Crippen molar-refractivity contribution in [2.75, 3.05) is 13.6 Å². The molecule has 1 unspecified atom stereocenters. The number of imide groups is 2. The molecule has 0 aliphatic carbocycles. The van der Waals surface area contributed by atoms with Gasteiger partial charge in [-0.05, 0) is 12.1 Å². The number of carbonyl (C=O) groups excluding carboxylic acids is 5. The number of nitrogens with zero attached hydrogens (tertiary/aromatic N) is 1. The van der Waals surface area contributed by atoms with Crippen LogP contribution in [0, 0.1) is 0 Å². The Morgan fingerprint density at radius 2 is 1.50 bits per heavy atom. The highest BCUT2D eigenvalue weighted by molar-refractivity contribution is 6.21. The summed E-state index contributed by atoms with van der Waals surface area (Å²) in [5, 5.41) is 4.32. The third-order valence-electron chi connectivity index (χ3n) is 4.47. The Kier molecular flexibility index (Phi) is 6.21. The maximum absolute atomic E-state index is 12.4. The number of esters is 1. The predicted octanol–water partition coefficient (Wildman–Crippen LogP) is 1.41. The smallest absolute Gasteiger partial charge is 0.321 e. The molecule has 9 heteroatoms. The highest BCUT2D eigenvalue weighted by atomic mass is 16.5. The summed E-state index contributed by atoms with van der Waals surface area (Å²) in [5.74, 6) is -2.59. The molecule has 0 bridgehead atoms. The maximum atomic E-state index is 12.4. The van der Waals surface area contributed by atoms with Gasteiger partial charge in [0.05, 0.1) is 17.5 Å². The number of rotatable bonds is 6. The number of hydrogen-bond acceptors (Lipinski definition) is 6. The summed E-state index contributed by atoms with van der Waals surface area (Å²) in [7, 11) is 1.34. The molecule has 1 aliphatic heterocycles. The molecule has 0 aromatic heterocycles. The molecule has 2 aromatic carbocycles. The Bertz CT molecular complexity index is 970. The maximum Gasteiger partial charge on any atom is 0.321 e. The largest absolute Gasteiger partial charge is 0.447 e. The Labute approximate surface area is 172 Å². The van der Waals surface area contributed by atoms with Crippen LogP contribution in [-0.4, -0.2) is 48.2 Å². The van der Waals surface area contributed by atoms with Gasteiger partial charge in [0.2, 0.25) is 6.10 Å². The molecule has 1 aliphatic rings. The molecular weight excluding hydrogens is 390 g/mol. The first-order valence-corrected chi connectivity index (χ1v) is 9.14. The summed E-state index contributed by atoms with van der Waals surface area (Å²) >= 11 is 0. The van der Waals surface area contributed by atoms with Crippen LogP contribution in [-0.2, 0) is 14.3 Å². The summed E-state index contributed by atoms with van der Waals surface area (Å²) in [6.07, 6.45) is -1.67. The summed E-state index contributed by atoms with van der Waals surface area (Å²) in [6.45, 7) is -0.191. The Balaban J connectivity index is 1.66. The molecule has 0 saturated carbocycles. The molecule has 154 valence electrons. The van der Waals surface area contributed by atoms with Gasteiger partial charge >= 0.3 is 12.0 Å². The minimum atomic E-state index is -1.36. The lowest BCUT2D eigenvalue weighted by Gasteiger charge is -2.18. The number of carbonyl (C=O) groups is 5. The summed E-state index contributed by atoms with van der Waals surface area (Å²) in [4.78, 5) is 61.9. The van der Waals surface area contributed by atoms with E-state index in [2.05, 4.69) is 10.6 Å². The van der Waals surface area contributed by atoms with Crippen molar-refractivity contribution in [2.45, 2.75) is 12.5 Å². The van der Waals surface area contributed by atoms with Crippen LogP contribution in [0.4, 0.5) is 4.79 Å². The molecule has 2 aromatic rings. The molecule has 0 saturated heterocycles. The Hall–Kier alpha value is -4.01. The van der Waals surface area contributed by atoms with Crippen LogP contribution in [0.5, 0.6) is 0 Å². The van der Waals surface area contributed by atoms with Gasteiger partial charge in [-0.2, -0.15) is 0 Å². The van der Waals surface area contributed by atoms with E-state index in [1.807, 2.05) is 0 Å². The number of urea groups is 1. The molecule has 3 rings (SSSR count). The van der Waals surface area contributed by atoms with E-state index in [0.29, 0.717) is 5.56 Å². The number of nitrogens with one attached hydrogen (secondary N) is 2. The van der Waals surface area contributed by atoms with Crippen LogP contribution in [0.1, 0.15) is 38.8 Å². The first-order chi connectivity index (χ1) is 14.4. The molecular formula is C21H19N3O6. The molecule has 5 amide bonds. The average Bonchev–Trinajstić information content (AvgIpc) is 3.01. The Morgan fingerprint density at radius 3 is 2.07 bits per heavy atom. The second-order valence-corrected chi connectivity index (χ2v) is 6.41. The first-order valence-electron chi connectivity index (χ1n) is 9.14. The lowest BCUT2D eigenvalue weighted by Crippen LogP contribution is -2.41. The van der Waals surface area contributed by atoms with E-state index in [9.17, 15) is 24.0 Å². The highest BCUT2D eigenvalue weighted by Gasteiger charge is 2.35. The normalized spacial score (nSPS) is 13.4. The SMILES string of the molecule is CNC(=O)NC(=O)C(OC(=O)CCN1C(=O)c2ccccc2C1=O)c1ccccc1. The summed E-state index contributed by atoms with van der Waals surface area (Å²) < 4.78 is 5.27. The van der Waals surface area contributed by atoms with Gasteiger partial charge in [-0.1, -0.05) is 42.5 Å². The molecule has 1 atom stereocenters. The quantitative estimate of drug-likeness (QED) is 0.550. The fourth-order valence-electron chi connectivity index (χ4n) is 2.98. The number of hydrogen-bond donors (Lipinski definition) is 2. The second-order valence-electron chi connectivity index (χ2n) is 6.41. The van der Waals surface area contributed by atoms with Crippen LogP contribution in [0.25, 0.3) is 0 Å². The van der Waals surface area contributed by atoms with Crippen molar-refractivity contribution in [1.29, 1.82) is 0 Å². The van der Waals surface area contributed by atoms with Gasteiger partial charge in [-0.15, -0.1) is 0 Å². The Morgan fingerprint density at radius 1 is 0.933 bits per heavy atom. The van der Waals surface area contributed by atoms with E-state index in [0.717, 1.165) is 4.90 Å². The first kappa shape index (κ1) is 20.7. The van der Waals surface area contributed by atoms with Crippen molar-refractivity contribution in [3.63, 3.8) is 0 Å². The van der Waals surface area contributed by atoms with Crippen molar-refractivity contribution in [2.24, 2.45) is 0 Å². The number of ether oxygens (including phenoxy) is 1. The van der Waals surface area contributed by atoms with Gasteiger partial charge in [0.25, 0.3) is 17.7 Å². The van der Waals surface area contributed by atoms with Gasteiger partial charge in [0.15, 0.2) is 0 Å². The van der Waals surface area contributed by atoms with Crippen molar-refractivity contribution in [1.82, 2.24) is 15.5 Å². The molecule has 2 N–H and O–H groups in total. The molecule has 0 spiro atoms. The predicted molar refractivity (Wildman–Crippen MR) is 104 cm³/mol. The molecule has 30 heavy (non-hydrogen) atoms. The fraction of sp³-hybridized carbons (Fsp3) is 0.190. The lowest BCUT2D eigenvalue weighted by molar-refractivity contribution is -0.156. The monoisotopic (exact) mass is 409 g/mol. The fourth-order valence-corrected chi connectivity index (χ4v) is 2.98. The topological polar surface area (TPSA) is 122 Å². The molecule has 9 nitrogen and oxygen atoms in total. The van der Waals surface area contributed by atoms with E-state index in [1.165, 1.54) is 7.05 Å². The van der Waals surface area contributed by atoms with Crippen LogP contribution in [0.2, 0.25) is 0 Å².